The molecule has 0 saturated carbocycles. The van der Waals surface area contributed by atoms with Crippen LogP contribution >= 0.6 is 23.1 Å². The molecule has 2 aromatic rings. The molecule has 0 spiro atoms. The summed E-state index contributed by atoms with van der Waals surface area (Å²) in [6, 6.07) is 1.79. The Balaban J connectivity index is 2.03. The first-order valence-electron chi connectivity index (χ1n) is 4.66. The van der Waals surface area contributed by atoms with Crippen molar-refractivity contribution in [1.29, 1.82) is 0 Å². The molecule has 0 atom stereocenters. The Kier molecular flexibility index (Phi) is 3.75. The first kappa shape index (κ1) is 12.1. The second-order valence-electron chi connectivity index (χ2n) is 3.06. The summed E-state index contributed by atoms with van der Waals surface area (Å²) in [5.41, 5.74) is 0.657. The number of carbonyl (C=O) groups excluding carboxylic acids is 1. The maximum Gasteiger partial charge on any atom is 0.316 e. The first-order valence-corrected chi connectivity index (χ1v) is 6.46. The third-order valence-electron chi connectivity index (χ3n) is 1.79. The predicted molar refractivity (Wildman–Crippen MR) is 62.9 cm³/mol. The molecule has 2 aromatic heterocycles. The van der Waals surface area contributed by atoms with Crippen molar-refractivity contribution >= 4 is 29.1 Å². The number of aryl methyl sites for hydroxylation is 1. The highest BCUT2D eigenvalue weighted by molar-refractivity contribution is 8.01. The van der Waals surface area contributed by atoms with Gasteiger partial charge >= 0.3 is 5.97 Å². The number of carbonyl (C=O) groups is 1. The van der Waals surface area contributed by atoms with Crippen LogP contribution in [0.15, 0.2) is 14.9 Å². The molecule has 0 aliphatic carbocycles. The summed E-state index contributed by atoms with van der Waals surface area (Å²) in [6.45, 7) is 1.81. The monoisotopic (exact) mass is 271 g/mol. The van der Waals surface area contributed by atoms with Crippen LogP contribution in [0.3, 0.4) is 0 Å². The zero-order chi connectivity index (χ0) is 12.3. The van der Waals surface area contributed by atoms with E-state index in [1.807, 2.05) is 6.92 Å². The molecule has 90 valence electrons. The zero-order valence-corrected chi connectivity index (χ0v) is 10.8. The van der Waals surface area contributed by atoms with Gasteiger partial charge in [0.25, 0.3) is 0 Å². The molecule has 0 unspecified atom stereocenters. The normalized spacial score (nSPS) is 10.5. The van der Waals surface area contributed by atoms with Gasteiger partial charge in [-0.05, 0) is 6.92 Å². The predicted octanol–water partition coefficient (Wildman–Crippen LogP) is 1.77. The minimum absolute atomic E-state index is 0.225. The van der Waals surface area contributed by atoms with Crippen LogP contribution in [0.1, 0.15) is 5.76 Å². The van der Waals surface area contributed by atoms with E-state index in [1.54, 1.807) is 6.07 Å². The van der Waals surface area contributed by atoms with E-state index >= 15 is 0 Å². The van der Waals surface area contributed by atoms with E-state index in [-0.39, 0.29) is 11.7 Å². The Labute approximate surface area is 105 Å². The van der Waals surface area contributed by atoms with Gasteiger partial charge in [0.15, 0.2) is 9.35 Å². The second-order valence-corrected chi connectivity index (χ2v) is 5.26. The van der Waals surface area contributed by atoms with Gasteiger partial charge in [-0.2, -0.15) is 0 Å². The number of hydrogen-bond acceptors (Lipinski definition) is 8. The van der Waals surface area contributed by atoms with Crippen molar-refractivity contribution in [3.8, 4) is 10.7 Å². The third kappa shape index (κ3) is 3.04. The van der Waals surface area contributed by atoms with Crippen molar-refractivity contribution in [2.75, 3.05) is 12.9 Å². The van der Waals surface area contributed by atoms with Crippen molar-refractivity contribution < 1.29 is 14.1 Å². The van der Waals surface area contributed by atoms with Crippen LogP contribution in [0.4, 0.5) is 0 Å². The van der Waals surface area contributed by atoms with Crippen molar-refractivity contribution in [3.63, 3.8) is 0 Å². The lowest BCUT2D eigenvalue weighted by molar-refractivity contribution is -0.137. The molecule has 0 bridgehead atoms. The highest BCUT2D eigenvalue weighted by Crippen LogP contribution is 2.28. The highest BCUT2D eigenvalue weighted by Gasteiger charge is 2.12. The third-order valence-corrected chi connectivity index (χ3v) is 3.85. The van der Waals surface area contributed by atoms with Crippen molar-refractivity contribution in [2.45, 2.75) is 11.3 Å². The number of ether oxygens (including phenoxy) is 1. The second kappa shape index (κ2) is 5.28. The molecule has 8 heteroatoms. The average Bonchev–Trinajstić information content (AvgIpc) is 2.94. The minimum Gasteiger partial charge on any atom is -0.468 e. The summed E-state index contributed by atoms with van der Waals surface area (Å²) in [5.74, 6) is 0.659. The van der Waals surface area contributed by atoms with Crippen LogP contribution in [0.25, 0.3) is 10.7 Å². The fraction of sp³-hybridized carbons (Fsp3) is 0.333. The highest BCUT2D eigenvalue weighted by atomic mass is 32.2. The van der Waals surface area contributed by atoms with Gasteiger partial charge in [-0.3, -0.25) is 4.79 Å². The Morgan fingerprint density at radius 2 is 2.41 bits per heavy atom. The smallest absolute Gasteiger partial charge is 0.316 e. The summed E-state index contributed by atoms with van der Waals surface area (Å²) in [4.78, 5) is 11.0. The van der Waals surface area contributed by atoms with Crippen molar-refractivity contribution in [2.24, 2.45) is 0 Å². The molecule has 0 fully saturated rings. The topological polar surface area (TPSA) is 78.1 Å². The van der Waals surface area contributed by atoms with E-state index in [9.17, 15) is 4.79 Å². The number of thioether (sulfide) groups is 1. The largest absolute Gasteiger partial charge is 0.468 e. The lowest BCUT2D eigenvalue weighted by Crippen LogP contribution is -2.02. The molecule has 0 aliphatic rings. The quantitative estimate of drug-likeness (QED) is 0.619. The summed E-state index contributed by atoms with van der Waals surface area (Å²) in [5, 5.41) is 12.4. The van der Waals surface area contributed by atoms with Gasteiger partial charge in [0, 0.05) is 6.07 Å². The molecule has 2 heterocycles. The van der Waals surface area contributed by atoms with Gasteiger partial charge in [0.05, 0.1) is 12.9 Å². The maximum atomic E-state index is 11.0. The Morgan fingerprint density at radius 3 is 3.06 bits per heavy atom. The molecule has 6 nitrogen and oxygen atoms in total. The number of methoxy groups -OCH3 is 1. The maximum absolute atomic E-state index is 11.0. The van der Waals surface area contributed by atoms with Crippen molar-refractivity contribution in [1.82, 2.24) is 15.4 Å². The van der Waals surface area contributed by atoms with E-state index in [4.69, 9.17) is 4.52 Å². The molecule has 0 N–H and O–H groups in total. The van der Waals surface area contributed by atoms with E-state index in [0.717, 1.165) is 5.76 Å². The summed E-state index contributed by atoms with van der Waals surface area (Å²) in [7, 11) is 1.35. The summed E-state index contributed by atoms with van der Waals surface area (Å²) < 4.78 is 10.2. The number of aromatic nitrogens is 3. The van der Waals surface area contributed by atoms with Crippen LogP contribution in [0.5, 0.6) is 0 Å². The molecule has 0 aliphatic heterocycles. The zero-order valence-electron chi connectivity index (χ0n) is 9.17. The number of nitrogens with zero attached hydrogens (tertiary/aromatic N) is 3. The average molecular weight is 271 g/mol. The summed E-state index contributed by atoms with van der Waals surface area (Å²) >= 11 is 2.65. The van der Waals surface area contributed by atoms with Gasteiger partial charge in [0.1, 0.15) is 11.5 Å². The lowest BCUT2D eigenvalue weighted by Gasteiger charge is -1.93. The molecule has 0 aromatic carbocycles. The molecule has 2 rings (SSSR count). The summed E-state index contributed by atoms with van der Waals surface area (Å²) in [6.07, 6.45) is 0. The molecular weight excluding hydrogens is 262 g/mol. The van der Waals surface area contributed by atoms with Gasteiger partial charge < -0.3 is 9.26 Å². The van der Waals surface area contributed by atoms with E-state index < -0.39 is 0 Å². The fourth-order valence-electron chi connectivity index (χ4n) is 1.02. The van der Waals surface area contributed by atoms with Gasteiger partial charge in [-0.15, -0.1) is 10.2 Å². The standard InChI is InChI=1S/C9H9N3O3S2/c1-5-3-6(12-15-5)8-10-11-9(17-8)16-4-7(13)14-2/h3H,4H2,1-2H3. The molecule has 0 radical (unpaired) electrons. The number of rotatable bonds is 4. The Morgan fingerprint density at radius 1 is 1.59 bits per heavy atom. The molecular formula is C9H9N3O3S2. The molecule has 0 amide bonds. The Hall–Kier alpha value is -1.41. The molecule has 0 saturated heterocycles. The minimum atomic E-state index is -0.288. The molecule has 17 heavy (non-hydrogen) atoms. The van der Waals surface area contributed by atoms with E-state index in [1.165, 1.54) is 30.2 Å². The van der Waals surface area contributed by atoms with Crippen LogP contribution in [0.2, 0.25) is 0 Å². The van der Waals surface area contributed by atoms with Crippen molar-refractivity contribution in [3.05, 3.63) is 11.8 Å². The van der Waals surface area contributed by atoms with Gasteiger partial charge in [-0.25, -0.2) is 0 Å². The number of esters is 1. The van der Waals surface area contributed by atoms with E-state index in [2.05, 4.69) is 20.1 Å². The van der Waals surface area contributed by atoms with Gasteiger partial charge in [-0.1, -0.05) is 28.3 Å². The van der Waals surface area contributed by atoms with Crippen LogP contribution in [-0.4, -0.2) is 34.2 Å². The van der Waals surface area contributed by atoms with Gasteiger partial charge in [0.2, 0.25) is 0 Å². The van der Waals surface area contributed by atoms with Crippen LogP contribution in [0, 0.1) is 6.92 Å². The number of hydrogen-bond donors (Lipinski definition) is 0. The van der Waals surface area contributed by atoms with E-state index in [0.29, 0.717) is 15.0 Å². The lowest BCUT2D eigenvalue weighted by atomic mass is 10.4. The van der Waals surface area contributed by atoms with Crippen LogP contribution in [-0.2, 0) is 9.53 Å². The Bertz CT molecular complexity index is 523. The fourth-order valence-corrected chi connectivity index (χ4v) is 2.65. The van der Waals surface area contributed by atoms with Crippen LogP contribution < -0.4 is 0 Å². The SMILES string of the molecule is COC(=O)CSc1nnc(-c2cc(C)on2)s1. The first-order chi connectivity index (χ1) is 8.19.